The number of primary amides is 1. The van der Waals surface area contributed by atoms with Crippen molar-refractivity contribution < 1.29 is 9.53 Å². The zero-order valence-corrected chi connectivity index (χ0v) is 12.2. The van der Waals surface area contributed by atoms with Crippen LogP contribution in [0.3, 0.4) is 0 Å². The van der Waals surface area contributed by atoms with E-state index in [1.54, 1.807) is 18.3 Å². The van der Waals surface area contributed by atoms with Gasteiger partial charge in [0, 0.05) is 6.54 Å². The number of hydrogen-bond donors (Lipinski definition) is 2. The summed E-state index contributed by atoms with van der Waals surface area (Å²) in [5, 5.41) is 7.17. The summed E-state index contributed by atoms with van der Waals surface area (Å²) in [6, 6.07) is 9.53. The molecule has 106 valence electrons. The molecule has 0 radical (unpaired) electrons. The van der Waals surface area contributed by atoms with Crippen LogP contribution in [0.5, 0.6) is 5.75 Å². The Hall–Kier alpha value is -1.85. The highest BCUT2D eigenvalue weighted by Crippen LogP contribution is 2.15. The second-order valence-corrected chi connectivity index (χ2v) is 5.35. The Labute approximate surface area is 122 Å². The number of hydrogen-bond acceptors (Lipinski definition) is 4. The summed E-state index contributed by atoms with van der Waals surface area (Å²) >= 11 is 1.66. The van der Waals surface area contributed by atoms with Crippen molar-refractivity contribution in [2.75, 3.05) is 0 Å². The van der Waals surface area contributed by atoms with Crippen LogP contribution in [0.15, 0.2) is 41.1 Å². The third-order valence-electron chi connectivity index (χ3n) is 2.95. The van der Waals surface area contributed by atoms with Crippen molar-refractivity contribution in [1.82, 2.24) is 5.32 Å². The van der Waals surface area contributed by atoms with Gasteiger partial charge in [0.15, 0.2) is 0 Å². The lowest BCUT2D eigenvalue weighted by molar-refractivity contribution is -0.119. The van der Waals surface area contributed by atoms with Crippen LogP contribution in [-0.2, 0) is 17.9 Å². The fourth-order valence-electron chi connectivity index (χ4n) is 1.62. The van der Waals surface area contributed by atoms with Gasteiger partial charge in [-0.3, -0.25) is 4.79 Å². The lowest BCUT2D eigenvalue weighted by atomic mass is 10.2. The van der Waals surface area contributed by atoms with E-state index in [4.69, 9.17) is 10.5 Å². The molecule has 0 aliphatic rings. The van der Waals surface area contributed by atoms with E-state index in [1.165, 1.54) is 5.56 Å². The molecule has 1 aromatic heterocycles. The molecule has 4 nitrogen and oxygen atoms in total. The minimum atomic E-state index is -0.347. The van der Waals surface area contributed by atoms with E-state index in [2.05, 4.69) is 10.7 Å². The van der Waals surface area contributed by atoms with Gasteiger partial charge in [0.2, 0.25) is 5.91 Å². The Morgan fingerprint density at radius 2 is 2.05 bits per heavy atom. The van der Waals surface area contributed by atoms with Gasteiger partial charge in [-0.1, -0.05) is 12.1 Å². The summed E-state index contributed by atoms with van der Waals surface area (Å²) in [5.41, 5.74) is 7.45. The van der Waals surface area contributed by atoms with Crippen molar-refractivity contribution in [3.63, 3.8) is 0 Å². The van der Waals surface area contributed by atoms with Gasteiger partial charge in [0.1, 0.15) is 12.4 Å². The average molecular weight is 290 g/mol. The van der Waals surface area contributed by atoms with Crippen LogP contribution in [0.1, 0.15) is 18.1 Å². The van der Waals surface area contributed by atoms with Gasteiger partial charge in [0.05, 0.1) is 6.04 Å². The fraction of sp³-hybridized carbons (Fsp3) is 0.267. The highest BCUT2D eigenvalue weighted by Gasteiger charge is 2.06. The molecule has 1 amide bonds. The molecule has 0 unspecified atom stereocenters. The summed E-state index contributed by atoms with van der Waals surface area (Å²) < 4.78 is 5.68. The molecule has 1 aromatic carbocycles. The number of amides is 1. The van der Waals surface area contributed by atoms with E-state index in [1.807, 2.05) is 35.7 Å². The molecule has 0 spiro atoms. The van der Waals surface area contributed by atoms with Crippen molar-refractivity contribution in [3.05, 3.63) is 52.2 Å². The lowest BCUT2D eigenvalue weighted by Crippen LogP contribution is -2.38. The number of carbonyl (C=O) groups is 1. The molecule has 2 aromatic rings. The molecular formula is C15H18N2O2S. The third kappa shape index (κ3) is 4.36. The molecule has 0 saturated carbocycles. The zero-order valence-electron chi connectivity index (χ0n) is 11.3. The predicted molar refractivity (Wildman–Crippen MR) is 80.6 cm³/mol. The number of ether oxygens (including phenoxy) is 1. The molecule has 3 N–H and O–H groups in total. The Balaban J connectivity index is 1.82. The normalized spacial score (nSPS) is 12.1. The van der Waals surface area contributed by atoms with Gasteiger partial charge in [-0.25, -0.2) is 0 Å². The van der Waals surface area contributed by atoms with Crippen LogP contribution in [0.2, 0.25) is 0 Å². The highest BCUT2D eigenvalue weighted by molar-refractivity contribution is 7.07. The molecule has 5 heteroatoms. The van der Waals surface area contributed by atoms with Crippen molar-refractivity contribution in [3.8, 4) is 5.75 Å². The van der Waals surface area contributed by atoms with Crippen LogP contribution in [0.25, 0.3) is 0 Å². The summed E-state index contributed by atoms with van der Waals surface area (Å²) in [6.07, 6.45) is 0. The van der Waals surface area contributed by atoms with Crippen molar-refractivity contribution in [2.24, 2.45) is 5.73 Å². The van der Waals surface area contributed by atoms with Crippen LogP contribution in [-0.4, -0.2) is 11.9 Å². The summed E-state index contributed by atoms with van der Waals surface area (Å²) in [7, 11) is 0. The number of rotatable bonds is 7. The Bertz CT molecular complexity index is 538. The maximum absolute atomic E-state index is 10.9. The third-order valence-corrected chi connectivity index (χ3v) is 3.68. The number of nitrogens with two attached hydrogens (primary N) is 1. The first-order valence-corrected chi connectivity index (χ1v) is 7.35. The summed E-state index contributed by atoms with van der Waals surface area (Å²) in [6.45, 7) is 2.94. The first-order valence-electron chi connectivity index (χ1n) is 6.40. The fourth-order valence-corrected chi connectivity index (χ4v) is 2.27. The Morgan fingerprint density at radius 1 is 1.30 bits per heavy atom. The molecular weight excluding hydrogens is 272 g/mol. The van der Waals surface area contributed by atoms with Crippen LogP contribution >= 0.6 is 11.3 Å². The largest absolute Gasteiger partial charge is 0.489 e. The molecule has 1 heterocycles. The number of benzene rings is 1. The number of nitrogens with one attached hydrogen (secondary N) is 1. The average Bonchev–Trinajstić information content (AvgIpc) is 2.96. The Kier molecular flexibility index (Phi) is 5.15. The van der Waals surface area contributed by atoms with E-state index in [0.717, 1.165) is 11.3 Å². The standard InChI is InChI=1S/C15H18N2O2S/c1-11(15(16)18)17-8-12-2-4-14(5-3-12)19-9-13-6-7-20-10-13/h2-7,10-11,17H,8-9H2,1H3,(H2,16,18)/t11-/m0/s1. The monoisotopic (exact) mass is 290 g/mol. The first-order chi connectivity index (χ1) is 9.65. The molecule has 0 aliphatic heterocycles. The van der Waals surface area contributed by atoms with Crippen LogP contribution in [0, 0.1) is 0 Å². The summed E-state index contributed by atoms with van der Waals surface area (Å²) in [5.74, 6) is 0.489. The predicted octanol–water partition coefficient (Wildman–Crippen LogP) is 2.29. The van der Waals surface area contributed by atoms with Crippen molar-refractivity contribution in [1.29, 1.82) is 0 Å². The van der Waals surface area contributed by atoms with E-state index in [-0.39, 0.29) is 11.9 Å². The maximum atomic E-state index is 10.9. The van der Waals surface area contributed by atoms with Gasteiger partial charge < -0.3 is 15.8 Å². The van der Waals surface area contributed by atoms with Gasteiger partial charge in [-0.2, -0.15) is 11.3 Å². The molecule has 0 fully saturated rings. The minimum absolute atomic E-state index is 0.329. The topological polar surface area (TPSA) is 64.3 Å². The minimum Gasteiger partial charge on any atom is -0.489 e. The van der Waals surface area contributed by atoms with Gasteiger partial charge in [-0.15, -0.1) is 0 Å². The molecule has 0 aliphatic carbocycles. The second kappa shape index (κ2) is 7.07. The number of carbonyl (C=O) groups excluding carboxylic acids is 1. The van der Waals surface area contributed by atoms with E-state index in [9.17, 15) is 4.79 Å². The molecule has 2 rings (SSSR count). The maximum Gasteiger partial charge on any atom is 0.234 e. The van der Waals surface area contributed by atoms with E-state index < -0.39 is 0 Å². The first kappa shape index (κ1) is 14.6. The zero-order chi connectivity index (χ0) is 14.4. The van der Waals surface area contributed by atoms with E-state index in [0.29, 0.717) is 13.2 Å². The molecule has 20 heavy (non-hydrogen) atoms. The second-order valence-electron chi connectivity index (χ2n) is 4.57. The van der Waals surface area contributed by atoms with Gasteiger partial charge in [0.25, 0.3) is 0 Å². The number of thiophene rings is 1. The quantitative estimate of drug-likeness (QED) is 0.822. The smallest absolute Gasteiger partial charge is 0.234 e. The summed E-state index contributed by atoms with van der Waals surface area (Å²) in [4.78, 5) is 10.9. The van der Waals surface area contributed by atoms with Crippen molar-refractivity contribution >= 4 is 17.2 Å². The molecule has 1 atom stereocenters. The Morgan fingerprint density at radius 3 is 2.65 bits per heavy atom. The van der Waals surface area contributed by atoms with Gasteiger partial charge in [-0.05, 0) is 47.0 Å². The lowest BCUT2D eigenvalue weighted by Gasteiger charge is -2.10. The molecule has 0 saturated heterocycles. The van der Waals surface area contributed by atoms with Crippen LogP contribution in [0.4, 0.5) is 0 Å². The van der Waals surface area contributed by atoms with E-state index >= 15 is 0 Å². The molecule has 0 bridgehead atoms. The highest BCUT2D eigenvalue weighted by atomic mass is 32.1. The van der Waals surface area contributed by atoms with Crippen molar-refractivity contribution in [2.45, 2.75) is 26.1 Å². The van der Waals surface area contributed by atoms with Gasteiger partial charge >= 0.3 is 0 Å². The SMILES string of the molecule is C[C@H](NCc1ccc(OCc2ccsc2)cc1)C(N)=O. The van der Waals surface area contributed by atoms with Crippen LogP contribution < -0.4 is 15.8 Å².